The van der Waals surface area contributed by atoms with Crippen molar-refractivity contribution in [1.82, 2.24) is 9.55 Å². The normalized spacial score (nSPS) is 27.6. The highest BCUT2D eigenvalue weighted by Crippen LogP contribution is 2.36. The van der Waals surface area contributed by atoms with Gasteiger partial charge in [-0.25, -0.2) is 4.98 Å². The molecule has 3 atom stereocenters. The van der Waals surface area contributed by atoms with Crippen LogP contribution in [0, 0.1) is 0 Å². The molecule has 6 nitrogen and oxygen atoms in total. The first-order valence-corrected chi connectivity index (χ1v) is 8.86. The molecule has 24 heavy (non-hydrogen) atoms. The van der Waals surface area contributed by atoms with Gasteiger partial charge in [0.1, 0.15) is 6.10 Å². The zero-order valence-electron chi connectivity index (χ0n) is 13.0. The molecular weight excluding hydrogens is 353 g/mol. The zero-order chi connectivity index (χ0) is 16.8. The summed E-state index contributed by atoms with van der Waals surface area (Å²) in [5.41, 5.74) is 1.61. The first-order chi connectivity index (χ1) is 11.6. The highest BCUT2D eigenvalue weighted by Gasteiger charge is 2.33. The number of hydrogen-bond acceptors (Lipinski definition) is 5. The second-order valence-electron chi connectivity index (χ2n) is 6.49. The standard InChI is InChI=1S/C16H19Cl2N3O3/c17-10-4-12-13(5-11(10)18)21(16(20-12)19-8-1-2-8)9-3-14(23)15(6-22)24-7-9/h4-5,8-9,14-15,22-23H,1-3,6-7H2,(H,19,20)/t9-,14-,15+/m1/s1. The monoisotopic (exact) mass is 371 g/mol. The Hall–Kier alpha value is -1.05. The summed E-state index contributed by atoms with van der Waals surface area (Å²) in [6, 6.07) is 3.90. The van der Waals surface area contributed by atoms with Crippen molar-refractivity contribution >= 4 is 40.2 Å². The molecule has 4 rings (SSSR count). The molecule has 2 aromatic rings. The number of fused-ring (bicyclic) bond motifs is 1. The number of aliphatic hydroxyl groups is 2. The number of ether oxygens (including phenoxy) is 1. The van der Waals surface area contributed by atoms with Crippen molar-refractivity contribution in [2.24, 2.45) is 0 Å². The van der Waals surface area contributed by atoms with Crippen LogP contribution in [-0.4, -0.2) is 51.2 Å². The number of aliphatic hydroxyl groups excluding tert-OH is 2. The van der Waals surface area contributed by atoms with Crippen LogP contribution in [0.5, 0.6) is 0 Å². The second kappa shape index (κ2) is 6.35. The summed E-state index contributed by atoms with van der Waals surface area (Å²) in [7, 11) is 0. The third-order valence-corrected chi connectivity index (χ3v) is 5.35. The fourth-order valence-corrected chi connectivity index (χ4v) is 3.49. The molecule has 1 saturated heterocycles. The lowest BCUT2D eigenvalue weighted by molar-refractivity contribution is -0.111. The van der Waals surface area contributed by atoms with Crippen molar-refractivity contribution in [3.8, 4) is 0 Å². The number of halogens is 2. The van der Waals surface area contributed by atoms with E-state index in [0.29, 0.717) is 29.1 Å². The van der Waals surface area contributed by atoms with Crippen LogP contribution >= 0.6 is 23.2 Å². The lowest BCUT2D eigenvalue weighted by Gasteiger charge is -2.34. The molecule has 0 unspecified atom stereocenters. The number of nitrogens with zero attached hydrogens (tertiary/aromatic N) is 2. The van der Waals surface area contributed by atoms with E-state index in [2.05, 4.69) is 10.3 Å². The maximum atomic E-state index is 10.2. The Kier molecular flexibility index (Phi) is 4.34. The summed E-state index contributed by atoms with van der Waals surface area (Å²) in [5, 5.41) is 23.8. The summed E-state index contributed by atoms with van der Waals surface area (Å²) < 4.78 is 7.65. The molecule has 0 amide bonds. The molecule has 2 aliphatic rings. The Morgan fingerprint density at radius 2 is 2.04 bits per heavy atom. The molecule has 8 heteroatoms. The van der Waals surface area contributed by atoms with E-state index < -0.39 is 12.2 Å². The van der Waals surface area contributed by atoms with Crippen molar-refractivity contribution in [2.45, 2.75) is 43.6 Å². The van der Waals surface area contributed by atoms with E-state index in [1.165, 1.54) is 0 Å². The van der Waals surface area contributed by atoms with E-state index in [4.69, 9.17) is 27.9 Å². The molecule has 1 aromatic heterocycles. The number of imidazole rings is 1. The molecule has 0 radical (unpaired) electrons. The van der Waals surface area contributed by atoms with Crippen LogP contribution in [0.3, 0.4) is 0 Å². The fourth-order valence-electron chi connectivity index (χ4n) is 3.17. The van der Waals surface area contributed by atoms with Crippen LogP contribution < -0.4 is 5.32 Å². The van der Waals surface area contributed by atoms with E-state index >= 15 is 0 Å². The van der Waals surface area contributed by atoms with E-state index in [-0.39, 0.29) is 12.6 Å². The van der Waals surface area contributed by atoms with Gasteiger partial charge in [0.25, 0.3) is 0 Å². The van der Waals surface area contributed by atoms with E-state index in [9.17, 15) is 10.2 Å². The van der Waals surface area contributed by atoms with Crippen LogP contribution in [0.2, 0.25) is 10.0 Å². The topological polar surface area (TPSA) is 79.5 Å². The summed E-state index contributed by atoms with van der Waals surface area (Å²) in [6.45, 7) is 0.209. The van der Waals surface area contributed by atoms with Crippen molar-refractivity contribution in [2.75, 3.05) is 18.5 Å². The SMILES string of the molecule is OC[C@@H]1OC[C@H](n2c(NC3CC3)nc3cc(Cl)c(Cl)cc32)C[C@H]1O. The van der Waals surface area contributed by atoms with Crippen molar-refractivity contribution in [3.63, 3.8) is 0 Å². The number of benzene rings is 1. The average Bonchev–Trinajstić information content (AvgIpc) is 3.29. The number of aromatic nitrogens is 2. The third kappa shape index (κ3) is 2.97. The number of hydrogen-bond donors (Lipinski definition) is 3. The molecule has 2 heterocycles. The Morgan fingerprint density at radius 1 is 1.29 bits per heavy atom. The fraction of sp³-hybridized carbons (Fsp3) is 0.562. The van der Waals surface area contributed by atoms with Crippen LogP contribution in [0.25, 0.3) is 11.0 Å². The number of rotatable bonds is 4. The molecule has 0 bridgehead atoms. The molecule has 130 valence electrons. The lowest BCUT2D eigenvalue weighted by atomic mass is 10.0. The minimum Gasteiger partial charge on any atom is -0.394 e. The minimum atomic E-state index is -0.720. The van der Waals surface area contributed by atoms with E-state index in [1.54, 1.807) is 12.1 Å². The average molecular weight is 372 g/mol. The van der Waals surface area contributed by atoms with E-state index in [1.807, 2.05) is 4.57 Å². The van der Waals surface area contributed by atoms with Gasteiger partial charge in [0.2, 0.25) is 5.95 Å². The molecule has 1 aliphatic carbocycles. The molecular formula is C16H19Cl2N3O3. The summed E-state index contributed by atoms with van der Waals surface area (Å²) in [4.78, 5) is 4.66. The molecule has 3 N–H and O–H groups in total. The Labute approximate surface area is 149 Å². The maximum absolute atomic E-state index is 10.2. The molecule has 1 saturated carbocycles. The smallest absolute Gasteiger partial charge is 0.204 e. The van der Waals surface area contributed by atoms with Gasteiger partial charge in [-0.05, 0) is 31.4 Å². The predicted molar refractivity (Wildman–Crippen MR) is 92.9 cm³/mol. The van der Waals surface area contributed by atoms with Gasteiger partial charge in [-0.3, -0.25) is 0 Å². The summed E-state index contributed by atoms with van der Waals surface area (Å²) in [5.74, 6) is 0.745. The van der Waals surface area contributed by atoms with Gasteiger partial charge in [0.15, 0.2) is 0 Å². The molecule has 1 aromatic carbocycles. The van der Waals surface area contributed by atoms with Crippen LogP contribution in [-0.2, 0) is 4.74 Å². The van der Waals surface area contributed by atoms with Gasteiger partial charge < -0.3 is 24.8 Å². The van der Waals surface area contributed by atoms with Crippen LogP contribution in [0.4, 0.5) is 5.95 Å². The highest BCUT2D eigenvalue weighted by molar-refractivity contribution is 6.42. The Bertz CT molecular complexity index is 763. The minimum absolute atomic E-state index is 0.0914. The second-order valence-corrected chi connectivity index (χ2v) is 7.30. The third-order valence-electron chi connectivity index (χ3n) is 4.63. The van der Waals surface area contributed by atoms with Crippen LogP contribution in [0.1, 0.15) is 25.3 Å². The van der Waals surface area contributed by atoms with Gasteiger partial charge in [0, 0.05) is 6.04 Å². The van der Waals surface area contributed by atoms with Crippen molar-refractivity contribution < 1.29 is 14.9 Å². The van der Waals surface area contributed by atoms with Crippen molar-refractivity contribution in [1.29, 1.82) is 0 Å². The first-order valence-electron chi connectivity index (χ1n) is 8.11. The number of anilines is 1. The predicted octanol–water partition coefficient (Wildman–Crippen LogP) is 2.60. The summed E-state index contributed by atoms with van der Waals surface area (Å²) in [6.07, 6.45) is 1.48. The van der Waals surface area contributed by atoms with Crippen molar-refractivity contribution in [3.05, 3.63) is 22.2 Å². The Balaban J connectivity index is 1.75. The molecule has 0 spiro atoms. The maximum Gasteiger partial charge on any atom is 0.204 e. The van der Waals surface area contributed by atoms with Gasteiger partial charge in [0.05, 0.1) is 46.4 Å². The zero-order valence-corrected chi connectivity index (χ0v) is 14.5. The van der Waals surface area contributed by atoms with Crippen LogP contribution in [0.15, 0.2) is 12.1 Å². The molecule has 1 aliphatic heterocycles. The quantitative estimate of drug-likeness (QED) is 0.769. The van der Waals surface area contributed by atoms with E-state index in [0.717, 1.165) is 29.8 Å². The summed E-state index contributed by atoms with van der Waals surface area (Å²) >= 11 is 12.3. The van der Waals surface area contributed by atoms with Gasteiger partial charge in [-0.1, -0.05) is 23.2 Å². The number of nitrogens with one attached hydrogen (secondary N) is 1. The van der Waals surface area contributed by atoms with Gasteiger partial charge in [-0.15, -0.1) is 0 Å². The molecule has 2 fully saturated rings. The highest BCUT2D eigenvalue weighted by atomic mass is 35.5. The lowest BCUT2D eigenvalue weighted by Crippen LogP contribution is -2.41. The largest absolute Gasteiger partial charge is 0.394 e. The van der Waals surface area contributed by atoms with Gasteiger partial charge in [-0.2, -0.15) is 0 Å². The van der Waals surface area contributed by atoms with Gasteiger partial charge >= 0.3 is 0 Å². The first kappa shape index (κ1) is 16.4. The Morgan fingerprint density at radius 3 is 2.71 bits per heavy atom.